The number of rotatable bonds is 4. The lowest BCUT2D eigenvalue weighted by Gasteiger charge is -2.12. The predicted molar refractivity (Wildman–Crippen MR) is 77.2 cm³/mol. The number of halogens is 3. The summed E-state index contributed by atoms with van der Waals surface area (Å²) in [5.74, 6) is 0.938. The molecule has 2 rings (SSSR count). The van der Waals surface area contributed by atoms with E-state index < -0.39 is 0 Å². The van der Waals surface area contributed by atoms with Crippen LogP contribution < -0.4 is 0 Å². The minimum atomic E-state index is 0.365. The molecule has 0 spiro atoms. The topological polar surface area (TPSA) is 0 Å². The Morgan fingerprint density at radius 2 is 2.06 bits per heavy atom. The molecule has 0 aliphatic heterocycles. The molecule has 16 heavy (non-hydrogen) atoms. The van der Waals surface area contributed by atoms with Crippen molar-refractivity contribution in [3.8, 4) is 0 Å². The van der Waals surface area contributed by atoms with Gasteiger partial charge in [0.15, 0.2) is 0 Å². The quantitative estimate of drug-likeness (QED) is 0.551. The Morgan fingerprint density at radius 3 is 2.62 bits per heavy atom. The number of thiophene rings is 1. The van der Waals surface area contributed by atoms with Gasteiger partial charge in [0.2, 0.25) is 0 Å². The van der Waals surface area contributed by atoms with Crippen LogP contribution in [0.3, 0.4) is 0 Å². The van der Waals surface area contributed by atoms with Crippen molar-refractivity contribution in [2.45, 2.75) is 43.4 Å². The molecule has 1 fully saturated rings. The molecule has 0 bridgehead atoms. The van der Waals surface area contributed by atoms with Crippen LogP contribution in [0.2, 0.25) is 8.67 Å². The normalized spacial score (nSPS) is 19.2. The summed E-state index contributed by atoms with van der Waals surface area (Å²) >= 11 is 17.3. The molecular weight excluding hydrogens is 327 g/mol. The Labute approximate surface area is 119 Å². The van der Waals surface area contributed by atoms with E-state index in [1.165, 1.54) is 43.4 Å². The molecule has 0 aromatic carbocycles. The molecule has 0 radical (unpaired) electrons. The van der Waals surface area contributed by atoms with E-state index in [1.807, 2.05) is 6.07 Å². The molecule has 1 unspecified atom stereocenters. The summed E-state index contributed by atoms with van der Waals surface area (Å²) in [6.07, 6.45) is 8.14. The lowest BCUT2D eigenvalue weighted by atomic mass is 9.99. The molecule has 1 aromatic heterocycles. The molecular formula is C12H15BrCl2S. The lowest BCUT2D eigenvalue weighted by molar-refractivity contribution is 0.483. The minimum absolute atomic E-state index is 0.365. The van der Waals surface area contributed by atoms with E-state index in [1.54, 1.807) is 0 Å². The molecule has 4 heteroatoms. The third-order valence-electron chi connectivity index (χ3n) is 3.32. The standard InChI is InChI=1S/C12H15BrCl2S/c13-10(6-5-8-3-1-2-4-8)9-7-11(14)16-12(9)15/h7-8,10H,1-6H2. The Kier molecular flexibility index (Phi) is 5.02. The minimum Gasteiger partial charge on any atom is -0.111 e. The molecule has 0 N–H and O–H groups in total. The fourth-order valence-corrected chi connectivity index (χ4v) is 4.89. The maximum Gasteiger partial charge on any atom is 0.0987 e. The molecule has 0 amide bonds. The van der Waals surface area contributed by atoms with Gasteiger partial charge in [-0.15, -0.1) is 11.3 Å². The summed E-state index contributed by atoms with van der Waals surface area (Å²) in [6, 6.07) is 1.99. The Hall–Kier alpha value is 0.760. The Bertz CT molecular complexity index is 345. The van der Waals surface area contributed by atoms with Gasteiger partial charge in [0, 0.05) is 4.83 Å². The highest BCUT2D eigenvalue weighted by Gasteiger charge is 2.19. The molecule has 1 aliphatic carbocycles. The second kappa shape index (κ2) is 6.08. The first-order valence-electron chi connectivity index (χ1n) is 5.75. The van der Waals surface area contributed by atoms with Crippen LogP contribution in [0.5, 0.6) is 0 Å². The van der Waals surface area contributed by atoms with E-state index in [4.69, 9.17) is 23.2 Å². The highest BCUT2D eigenvalue weighted by atomic mass is 79.9. The summed E-state index contributed by atoms with van der Waals surface area (Å²) in [5.41, 5.74) is 1.16. The Balaban J connectivity index is 1.87. The summed E-state index contributed by atoms with van der Waals surface area (Å²) in [5, 5.41) is 0. The summed E-state index contributed by atoms with van der Waals surface area (Å²) in [4.78, 5) is 0.365. The first-order chi connectivity index (χ1) is 7.66. The zero-order chi connectivity index (χ0) is 11.5. The lowest BCUT2D eigenvalue weighted by Crippen LogP contribution is -1.96. The van der Waals surface area contributed by atoms with Crippen LogP contribution in [0.15, 0.2) is 6.07 Å². The SMILES string of the molecule is Clc1cc(C(Br)CCC2CCCC2)c(Cl)s1. The second-order valence-corrected chi connectivity index (χ2v) is 7.87. The zero-order valence-corrected chi connectivity index (χ0v) is 12.9. The molecule has 90 valence electrons. The summed E-state index contributed by atoms with van der Waals surface area (Å²) in [7, 11) is 0. The summed E-state index contributed by atoms with van der Waals surface area (Å²) in [6.45, 7) is 0. The van der Waals surface area contributed by atoms with Gasteiger partial charge in [0.05, 0.1) is 8.67 Å². The number of hydrogen-bond acceptors (Lipinski definition) is 1. The average molecular weight is 342 g/mol. The van der Waals surface area contributed by atoms with Gasteiger partial charge < -0.3 is 0 Å². The third-order valence-corrected chi connectivity index (χ3v) is 5.79. The monoisotopic (exact) mass is 340 g/mol. The highest BCUT2D eigenvalue weighted by molar-refractivity contribution is 9.09. The van der Waals surface area contributed by atoms with Gasteiger partial charge in [-0.25, -0.2) is 0 Å². The first kappa shape index (κ1) is 13.2. The molecule has 0 nitrogen and oxygen atoms in total. The van der Waals surface area contributed by atoms with E-state index in [0.717, 1.165) is 26.6 Å². The van der Waals surface area contributed by atoms with E-state index in [2.05, 4.69) is 15.9 Å². The maximum absolute atomic E-state index is 6.14. The van der Waals surface area contributed by atoms with Crippen LogP contribution >= 0.6 is 50.5 Å². The summed E-state index contributed by atoms with van der Waals surface area (Å²) < 4.78 is 1.61. The van der Waals surface area contributed by atoms with Gasteiger partial charge in [-0.05, 0) is 30.4 Å². The molecule has 1 aliphatic rings. The second-order valence-electron chi connectivity index (χ2n) is 4.47. The molecule has 1 saturated carbocycles. The first-order valence-corrected chi connectivity index (χ1v) is 8.24. The van der Waals surface area contributed by atoms with Crippen LogP contribution in [0.25, 0.3) is 0 Å². The molecule has 0 saturated heterocycles. The predicted octanol–water partition coefficient (Wildman–Crippen LogP) is 6.46. The maximum atomic E-state index is 6.14. The van der Waals surface area contributed by atoms with Crippen molar-refractivity contribution in [3.05, 3.63) is 20.3 Å². The third kappa shape index (κ3) is 3.38. The molecule has 1 heterocycles. The van der Waals surface area contributed by atoms with Crippen LogP contribution in [-0.2, 0) is 0 Å². The number of hydrogen-bond donors (Lipinski definition) is 0. The Morgan fingerprint density at radius 1 is 1.38 bits per heavy atom. The van der Waals surface area contributed by atoms with Gasteiger partial charge in [-0.1, -0.05) is 64.8 Å². The van der Waals surface area contributed by atoms with Crippen LogP contribution in [-0.4, -0.2) is 0 Å². The van der Waals surface area contributed by atoms with Crippen molar-refractivity contribution in [3.63, 3.8) is 0 Å². The van der Waals surface area contributed by atoms with Crippen LogP contribution in [0.1, 0.15) is 48.9 Å². The van der Waals surface area contributed by atoms with Crippen LogP contribution in [0, 0.1) is 5.92 Å². The average Bonchev–Trinajstić information content (AvgIpc) is 2.84. The molecule has 1 aromatic rings. The van der Waals surface area contributed by atoms with Gasteiger partial charge in [-0.2, -0.15) is 0 Å². The fourth-order valence-electron chi connectivity index (χ4n) is 2.40. The van der Waals surface area contributed by atoms with Crippen molar-refractivity contribution in [2.75, 3.05) is 0 Å². The fraction of sp³-hybridized carbons (Fsp3) is 0.667. The van der Waals surface area contributed by atoms with E-state index in [-0.39, 0.29) is 0 Å². The zero-order valence-electron chi connectivity index (χ0n) is 9.02. The van der Waals surface area contributed by atoms with Crippen molar-refractivity contribution in [1.82, 2.24) is 0 Å². The van der Waals surface area contributed by atoms with Gasteiger partial charge in [-0.3, -0.25) is 0 Å². The van der Waals surface area contributed by atoms with Crippen molar-refractivity contribution < 1.29 is 0 Å². The van der Waals surface area contributed by atoms with E-state index >= 15 is 0 Å². The van der Waals surface area contributed by atoms with E-state index in [9.17, 15) is 0 Å². The van der Waals surface area contributed by atoms with Crippen molar-refractivity contribution in [1.29, 1.82) is 0 Å². The van der Waals surface area contributed by atoms with Gasteiger partial charge >= 0.3 is 0 Å². The van der Waals surface area contributed by atoms with Gasteiger partial charge in [0.1, 0.15) is 0 Å². The van der Waals surface area contributed by atoms with Gasteiger partial charge in [0.25, 0.3) is 0 Å². The van der Waals surface area contributed by atoms with Crippen LogP contribution in [0.4, 0.5) is 0 Å². The number of alkyl halides is 1. The highest BCUT2D eigenvalue weighted by Crippen LogP contribution is 2.41. The largest absolute Gasteiger partial charge is 0.111 e. The van der Waals surface area contributed by atoms with Crippen molar-refractivity contribution in [2.24, 2.45) is 5.92 Å². The van der Waals surface area contributed by atoms with E-state index in [0.29, 0.717) is 4.83 Å². The van der Waals surface area contributed by atoms with Crippen molar-refractivity contribution >= 4 is 50.5 Å². The molecule has 1 atom stereocenters. The smallest absolute Gasteiger partial charge is 0.0987 e.